The summed E-state index contributed by atoms with van der Waals surface area (Å²) in [5.41, 5.74) is 17.0. The highest BCUT2D eigenvalue weighted by atomic mass is 19.4. The van der Waals surface area contributed by atoms with E-state index in [1.54, 1.807) is 13.0 Å². The molecule has 9 rings (SSSR count). The summed E-state index contributed by atoms with van der Waals surface area (Å²) in [5, 5.41) is 2.58. The molecule has 4 heteroatoms. The minimum Gasteiger partial charge on any atom is -0.310 e. The Morgan fingerprint density at radius 3 is 1.73 bits per heavy atom. The first-order chi connectivity index (χ1) is 29.7. The van der Waals surface area contributed by atoms with Crippen LogP contribution in [0, 0.1) is 27.7 Å². The van der Waals surface area contributed by atoms with Gasteiger partial charge in [0.25, 0.3) is 0 Å². The van der Waals surface area contributed by atoms with Gasteiger partial charge in [0.15, 0.2) is 0 Å². The predicted octanol–water partition coefficient (Wildman–Crippen LogP) is 17.4. The standard InChI is InChI=1S/C43H41N.C8H7F3.C7H8/c1-7-29(3)33-17-11-12-18-35(33)34-24-22-32(26-30(34)4)44(31-15-9-8-10-16-31)41-27-40-42(37-20-14-13-19-36(37)41)38-23-21-28(2)25-39(38)43(40,5)6;1-6-3-2-4-7(5-6)8(9,10)11;1-7-5-3-2-4-6-7/h8-27,29H,7H2,1-6H3;2-5H,1H3;2-6H,1H3. The highest BCUT2D eigenvalue weighted by molar-refractivity contribution is 6.10. The number of hydrogen-bond acceptors (Lipinski definition) is 1. The van der Waals surface area contributed by atoms with Crippen molar-refractivity contribution < 1.29 is 13.2 Å². The van der Waals surface area contributed by atoms with Crippen LogP contribution >= 0.6 is 0 Å². The normalized spacial score (nSPS) is 12.9. The van der Waals surface area contributed by atoms with Gasteiger partial charge < -0.3 is 4.90 Å². The molecule has 8 aromatic rings. The fraction of sp³-hybridized carbons (Fsp3) is 0.207. The van der Waals surface area contributed by atoms with E-state index in [1.807, 2.05) is 18.2 Å². The molecule has 0 bridgehead atoms. The maximum Gasteiger partial charge on any atom is 0.416 e. The van der Waals surface area contributed by atoms with Crippen LogP contribution in [0.1, 0.15) is 84.5 Å². The quantitative estimate of drug-likeness (QED) is 0.161. The van der Waals surface area contributed by atoms with Crippen molar-refractivity contribution in [3.63, 3.8) is 0 Å². The molecule has 0 N–H and O–H groups in total. The molecule has 0 fully saturated rings. The Balaban J connectivity index is 0.000000265. The number of para-hydroxylation sites is 1. The monoisotopic (exact) mass is 823 g/mol. The second-order valence-electron chi connectivity index (χ2n) is 17.1. The average Bonchev–Trinajstić information content (AvgIpc) is 3.49. The molecule has 1 aliphatic carbocycles. The zero-order valence-corrected chi connectivity index (χ0v) is 37.1. The third kappa shape index (κ3) is 9.11. The topological polar surface area (TPSA) is 3.24 Å². The van der Waals surface area contributed by atoms with E-state index in [9.17, 15) is 13.2 Å². The van der Waals surface area contributed by atoms with Crippen molar-refractivity contribution in [2.24, 2.45) is 0 Å². The van der Waals surface area contributed by atoms with Crippen LogP contribution in [0.25, 0.3) is 33.0 Å². The average molecular weight is 824 g/mol. The Kier molecular flexibility index (Phi) is 12.9. The van der Waals surface area contributed by atoms with Crippen LogP contribution in [0.4, 0.5) is 30.2 Å². The Labute approximate surface area is 366 Å². The second kappa shape index (κ2) is 18.3. The Morgan fingerprint density at radius 2 is 1.11 bits per heavy atom. The molecule has 314 valence electrons. The molecular weight excluding hydrogens is 768 g/mol. The van der Waals surface area contributed by atoms with Gasteiger partial charge in [0.2, 0.25) is 0 Å². The third-order valence-corrected chi connectivity index (χ3v) is 12.2. The van der Waals surface area contributed by atoms with E-state index >= 15 is 0 Å². The van der Waals surface area contributed by atoms with Crippen LogP contribution < -0.4 is 4.90 Å². The van der Waals surface area contributed by atoms with Crippen LogP contribution in [0.15, 0.2) is 176 Å². The molecule has 0 heterocycles. The number of alkyl halides is 3. The Morgan fingerprint density at radius 1 is 0.516 bits per heavy atom. The summed E-state index contributed by atoms with van der Waals surface area (Å²) < 4.78 is 35.9. The first kappa shape index (κ1) is 43.7. The molecule has 62 heavy (non-hydrogen) atoms. The van der Waals surface area contributed by atoms with Crippen LogP contribution in [-0.4, -0.2) is 0 Å². The summed E-state index contributed by atoms with van der Waals surface area (Å²) in [6.07, 6.45) is -3.09. The smallest absolute Gasteiger partial charge is 0.310 e. The van der Waals surface area contributed by atoms with Gasteiger partial charge in [0, 0.05) is 22.2 Å². The van der Waals surface area contributed by atoms with E-state index in [2.05, 4.69) is 187 Å². The lowest BCUT2D eigenvalue weighted by molar-refractivity contribution is -0.137. The fourth-order valence-corrected chi connectivity index (χ4v) is 8.70. The number of fused-ring (bicyclic) bond motifs is 5. The van der Waals surface area contributed by atoms with Crippen molar-refractivity contribution in [2.75, 3.05) is 4.90 Å². The zero-order valence-electron chi connectivity index (χ0n) is 37.1. The lowest BCUT2D eigenvalue weighted by atomic mass is 9.81. The largest absolute Gasteiger partial charge is 0.416 e. The Hall–Kier alpha value is -6.39. The number of anilines is 3. The molecular formula is C58H56F3N. The lowest BCUT2D eigenvalue weighted by Crippen LogP contribution is -2.17. The van der Waals surface area contributed by atoms with Crippen LogP contribution in [0.3, 0.4) is 0 Å². The van der Waals surface area contributed by atoms with Crippen LogP contribution in [0.5, 0.6) is 0 Å². The maximum atomic E-state index is 12.0. The number of hydrogen-bond donors (Lipinski definition) is 0. The summed E-state index contributed by atoms with van der Waals surface area (Å²) >= 11 is 0. The number of nitrogens with zero attached hydrogens (tertiary/aromatic N) is 1. The van der Waals surface area contributed by atoms with Crippen molar-refractivity contribution >= 4 is 27.8 Å². The lowest BCUT2D eigenvalue weighted by Gasteiger charge is -2.30. The van der Waals surface area contributed by atoms with Gasteiger partial charge in [-0.2, -0.15) is 13.2 Å². The molecule has 0 saturated heterocycles. The number of aryl methyl sites for hydroxylation is 4. The van der Waals surface area contributed by atoms with Gasteiger partial charge in [-0.3, -0.25) is 0 Å². The first-order valence-electron chi connectivity index (χ1n) is 21.6. The number of halogens is 3. The summed E-state index contributed by atoms with van der Waals surface area (Å²) in [5.74, 6) is 0.514. The molecule has 0 radical (unpaired) electrons. The molecule has 0 amide bonds. The van der Waals surface area contributed by atoms with Crippen molar-refractivity contribution in [3.8, 4) is 22.3 Å². The number of rotatable bonds is 6. The van der Waals surface area contributed by atoms with Crippen molar-refractivity contribution in [1.82, 2.24) is 0 Å². The molecule has 1 atom stereocenters. The molecule has 1 nitrogen and oxygen atoms in total. The van der Waals surface area contributed by atoms with Gasteiger partial charge in [0.05, 0.1) is 11.3 Å². The molecule has 0 spiro atoms. The van der Waals surface area contributed by atoms with Gasteiger partial charge in [0.1, 0.15) is 0 Å². The van der Waals surface area contributed by atoms with Gasteiger partial charge in [-0.05, 0) is 126 Å². The molecule has 8 aromatic carbocycles. The van der Waals surface area contributed by atoms with E-state index < -0.39 is 11.7 Å². The molecule has 1 aliphatic rings. The minimum absolute atomic E-state index is 0.0999. The third-order valence-electron chi connectivity index (χ3n) is 12.2. The van der Waals surface area contributed by atoms with E-state index in [0.29, 0.717) is 11.5 Å². The van der Waals surface area contributed by atoms with E-state index in [4.69, 9.17) is 0 Å². The summed E-state index contributed by atoms with van der Waals surface area (Å²) in [7, 11) is 0. The fourth-order valence-electron chi connectivity index (χ4n) is 8.70. The van der Waals surface area contributed by atoms with E-state index in [0.717, 1.165) is 24.2 Å². The van der Waals surface area contributed by atoms with Gasteiger partial charge in [-0.25, -0.2) is 0 Å². The summed E-state index contributed by atoms with van der Waals surface area (Å²) in [6, 6.07) is 60.7. The van der Waals surface area contributed by atoms with Gasteiger partial charge >= 0.3 is 6.18 Å². The van der Waals surface area contributed by atoms with E-state index in [1.165, 1.54) is 83.8 Å². The Bertz CT molecular complexity index is 2800. The summed E-state index contributed by atoms with van der Waals surface area (Å²) in [4.78, 5) is 2.46. The first-order valence-corrected chi connectivity index (χ1v) is 21.6. The predicted molar refractivity (Wildman–Crippen MR) is 257 cm³/mol. The molecule has 0 aliphatic heterocycles. The molecule has 1 unspecified atom stereocenters. The van der Waals surface area contributed by atoms with Gasteiger partial charge in [-0.1, -0.05) is 184 Å². The molecule has 0 aromatic heterocycles. The maximum absolute atomic E-state index is 12.0. The molecule has 0 saturated carbocycles. The van der Waals surface area contributed by atoms with Crippen LogP contribution in [-0.2, 0) is 11.6 Å². The van der Waals surface area contributed by atoms with Crippen molar-refractivity contribution in [2.45, 2.75) is 79.3 Å². The van der Waals surface area contributed by atoms with Crippen molar-refractivity contribution in [1.29, 1.82) is 0 Å². The summed E-state index contributed by atoms with van der Waals surface area (Å²) in [6.45, 7) is 17.6. The highest BCUT2D eigenvalue weighted by Crippen LogP contribution is 2.54. The number of benzene rings is 8. The highest BCUT2D eigenvalue weighted by Gasteiger charge is 2.38. The van der Waals surface area contributed by atoms with Crippen LogP contribution in [0.2, 0.25) is 0 Å². The second-order valence-corrected chi connectivity index (χ2v) is 17.1. The minimum atomic E-state index is -4.22. The van der Waals surface area contributed by atoms with Gasteiger partial charge in [-0.15, -0.1) is 0 Å². The zero-order chi connectivity index (χ0) is 44.2. The van der Waals surface area contributed by atoms with Crippen molar-refractivity contribution in [3.05, 3.63) is 220 Å². The SMILES string of the molecule is CCC(C)c1ccccc1-c1ccc(N(c2ccccc2)c2cc3c(c4ccccc24)-c2ccc(C)cc2C3(C)C)cc1C.Cc1cccc(C(F)(F)F)c1.Cc1ccccc1. The van der Waals surface area contributed by atoms with E-state index in [-0.39, 0.29) is 5.41 Å².